The Bertz CT molecular complexity index is 688. The van der Waals surface area contributed by atoms with Crippen LogP contribution in [0.5, 0.6) is 0 Å². The predicted octanol–water partition coefficient (Wildman–Crippen LogP) is 4.06. The molecule has 2 unspecified atom stereocenters. The Hall–Kier alpha value is -1.35. The maximum Gasteiger partial charge on any atom is 0.261 e. The maximum absolute atomic E-state index is 12.8. The first-order chi connectivity index (χ1) is 9.59. The highest BCUT2D eigenvalue weighted by Crippen LogP contribution is 2.37. The molecule has 3 nitrogen and oxygen atoms in total. The van der Waals surface area contributed by atoms with Gasteiger partial charge in [-0.25, -0.2) is 4.98 Å². The lowest BCUT2D eigenvalue weighted by Gasteiger charge is -2.34. The van der Waals surface area contributed by atoms with Gasteiger partial charge in [-0.15, -0.1) is 11.6 Å². The molecule has 0 N–H and O–H groups in total. The Kier molecular flexibility index (Phi) is 3.55. The van der Waals surface area contributed by atoms with Gasteiger partial charge in [0.15, 0.2) is 0 Å². The summed E-state index contributed by atoms with van der Waals surface area (Å²) in [7, 11) is 0. The molecule has 0 spiro atoms. The molecular weight excluding hydrogens is 272 g/mol. The number of aromatic nitrogens is 2. The van der Waals surface area contributed by atoms with Crippen LogP contribution >= 0.6 is 11.6 Å². The van der Waals surface area contributed by atoms with Gasteiger partial charge < -0.3 is 0 Å². The van der Waals surface area contributed by atoms with Crippen LogP contribution in [0.15, 0.2) is 29.1 Å². The zero-order chi connectivity index (χ0) is 14.3. The van der Waals surface area contributed by atoms with E-state index in [0.29, 0.717) is 17.1 Å². The number of hydrogen-bond donors (Lipinski definition) is 0. The van der Waals surface area contributed by atoms with E-state index in [-0.39, 0.29) is 17.0 Å². The molecule has 1 aliphatic carbocycles. The minimum atomic E-state index is -0.269. The predicted molar refractivity (Wildman–Crippen MR) is 82.3 cm³/mol. The van der Waals surface area contributed by atoms with Crippen molar-refractivity contribution in [1.29, 1.82) is 0 Å². The number of rotatable bonds is 3. The topological polar surface area (TPSA) is 34.9 Å². The SMILES string of the molecule is CC(Cl)c1nc2ccccc2c(=O)n1C(C)C1CCC1. The van der Waals surface area contributed by atoms with Gasteiger partial charge in [0.2, 0.25) is 0 Å². The molecule has 1 aromatic carbocycles. The van der Waals surface area contributed by atoms with Crippen LogP contribution in [0.25, 0.3) is 10.9 Å². The molecule has 2 aromatic rings. The summed E-state index contributed by atoms with van der Waals surface area (Å²) in [5.74, 6) is 1.26. The average Bonchev–Trinajstić information content (AvgIpc) is 2.36. The van der Waals surface area contributed by atoms with Crippen molar-refractivity contribution in [3.63, 3.8) is 0 Å². The Balaban J connectivity index is 2.24. The first kappa shape index (κ1) is 13.6. The van der Waals surface area contributed by atoms with E-state index in [4.69, 9.17) is 11.6 Å². The van der Waals surface area contributed by atoms with Gasteiger partial charge in [0.25, 0.3) is 5.56 Å². The highest BCUT2D eigenvalue weighted by atomic mass is 35.5. The van der Waals surface area contributed by atoms with E-state index in [1.54, 1.807) is 0 Å². The molecular formula is C16H19ClN2O. The molecule has 1 fully saturated rings. The fourth-order valence-corrected chi connectivity index (χ4v) is 3.12. The first-order valence-corrected chi connectivity index (χ1v) is 7.68. The van der Waals surface area contributed by atoms with Crippen molar-refractivity contribution >= 4 is 22.5 Å². The molecule has 4 heteroatoms. The third-order valence-corrected chi connectivity index (χ3v) is 4.63. The number of fused-ring (bicyclic) bond motifs is 1. The quantitative estimate of drug-likeness (QED) is 0.799. The van der Waals surface area contributed by atoms with Gasteiger partial charge in [0.05, 0.1) is 16.3 Å². The third kappa shape index (κ3) is 2.14. The fourth-order valence-electron chi connectivity index (χ4n) is 2.97. The standard InChI is InChI=1S/C16H19ClN2O/c1-10(17)15-18-14-9-4-3-8-13(14)16(20)19(15)11(2)12-6-5-7-12/h3-4,8-12H,5-7H2,1-2H3. The van der Waals surface area contributed by atoms with Crippen LogP contribution in [0, 0.1) is 5.92 Å². The zero-order valence-electron chi connectivity index (χ0n) is 11.8. The van der Waals surface area contributed by atoms with Crippen molar-refractivity contribution in [2.45, 2.75) is 44.5 Å². The van der Waals surface area contributed by atoms with Crippen molar-refractivity contribution in [2.24, 2.45) is 5.92 Å². The largest absolute Gasteiger partial charge is 0.292 e. The van der Waals surface area contributed by atoms with Crippen molar-refractivity contribution in [2.75, 3.05) is 0 Å². The van der Waals surface area contributed by atoms with Crippen molar-refractivity contribution in [1.82, 2.24) is 9.55 Å². The first-order valence-electron chi connectivity index (χ1n) is 7.25. The van der Waals surface area contributed by atoms with E-state index in [2.05, 4.69) is 11.9 Å². The fraction of sp³-hybridized carbons (Fsp3) is 0.500. The summed E-state index contributed by atoms with van der Waals surface area (Å²) in [6, 6.07) is 7.67. The van der Waals surface area contributed by atoms with Crippen LogP contribution in [0.4, 0.5) is 0 Å². The molecule has 0 bridgehead atoms. The van der Waals surface area contributed by atoms with Crippen molar-refractivity contribution in [3.8, 4) is 0 Å². The highest BCUT2D eigenvalue weighted by Gasteiger charge is 2.28. The van der Waals surface area contributed by atoms with Crippen LogP contribution in [0.2, 0.25) is 0 Å². The molecule has 0 radical (unpaired) electrons. The Morgan fingerprint density at radius 3 is 2.60 bits per heavy atom. The van der Waals surface area contributed by atoms with Crippen molar-refractivity contribution < 1.29 is 0 Å². The van der Waals surface area contributed by atoms with Crippen LogP contribution < -0.4 is 5.56 Å². The van der Waals surface area contributed by atoms with E-state index in [1.807, 2.05) is 35.8 Å². The third-order valence-electron chi connectivity index (χ3n) is 4.43. The number of halogens is 1. The monoisotopic (exact) mass is 290 g/mol. The normalized spacial score (nSPS) is 18.8. The van der Waals surface area contributed by atoms with Crippen LogP contribution in [0.1, 0.15) is 50.4 Å². The van der Waals surface area contributed by atoms with Gasteiger partial charge in [-0.05, 0) is 44.7 Å². The van der Waals surface area contributed by atoms with E-state index in [9.17, 15) is 4.79 Å². The lowest BCUT2D eigenvalue weighted by Crippen LogP contribution is -2.34. The summed E-state index contributed by atoms with van der Waals surface area (Å²) < 4.78 is 1.82. The van der Waals surface area contributed by atoms with Gasteiger partial charge in [0.1, 0.15) is 5.82 Å². The number of hydrogen-bond acceptors (Lipinski definition) is 2. The van der Waals surface area contributed by atoms with Crippen LogP contribution in [0.3, 0.4) is 0 Å². The second-order valence-electron chi connectivity index (χ2n) is 5.71. The van der Waals surface area contributed by atoms with Gasteiger partial charge in [0, 0.05) is 6.04 Å². The number of nitrogens with zero attached hydrogens (tertiary/aromatic N) is 2. The average molecular weight is 291 g/mol. The summed E-state index contributed by atoms with van der Waals surface area (Å²) in [6.45, 7) is 3.99. The molecule has 1 saturated carbocycles. The van der Waals surface area contributed by atoms with Crippen molar-refractivity contribution in [3.05, 3.63) is 40.4 Å². The lowest BCUT2D eigenvalue weighted by molar-refractivity contribution is 0.215. The number of alkyl halides is 1. The Morgan fingerprint density at radius 2 is 2.00 bits per heavy atom. The summed E-state index contributed by atoms with van der Waals surface area (Å²) in [5.41, 5.74) is 0.773. The number of benzene rings is 1. The second-order valence-corrected chi connectivity index (χ2v) is 6.36. The maximum atomic E-state index is 12.8. The molecule has 106 valence electrons. The Labute approximate surface area is 123 Å². The van der Waals surface area contributed by atoms with Gasteiger partial charge >= 0.3 is 0 Å². The second kappa shape index (κ2) is 5.21. The summed E-state index contributed by atoms with van der Waals surface area (Å²) >= 11 is 6.27. The van der Waals surface area contributed by atoms with Crippen LogP contribution in [-0.2, 0) is 0 Å². The van der Waals surface area contributed by atoms with E-state index in [1.165, 1.54) is 19.3 Å². The van der Waals surface area contributed by atoms with Crippen LogP contribution in [-0.4, -0.2) is 9.55 Å². The molecule has 2 atom stereocenters. The lowest BCUT2D eigenvalue weighted by atomic mass is 9.80. The zero-order valence-corrected chi connectivity index (χ0v) is 12.6. The molecule has 1 aliphatic rings. The summed E-state index contributed by atoms with van der Waals surface area (Å²) in [5, 5.41) is 0.412. The molecule has 1 aromatic heterocycles. The van der Waals surface area contributed by atoms with Gasteiger partial charge in [-0.3, -0.25) is 9.36 Å². The van der Waals surface area contributed by atoms with Gasteiger partial charge in [-0.2, -0.15) is 0 Å². The summed E-state index contributed by atoms with van der Waals surface area (Å²) in [6.07, 6.45) is 3.64. The Morgan fingerprint density at radius 1 is 1.30 bits per heavy atom. The molecule has 0 aliphatic heterocycles. The van der Waals surface area contributed by atoms with E-state index in [0.717, 1.165) is 5.52 Å². The molecule has 3 rings (SSSR count). The molecule has 20 heavy (non-hydrogen) atoms. The summed E-state index contributed by atoms with van der Waals surface area (Å²) in [4.78, 5) is 17.4. The van der Waals surface area contributed by atoms with Gasteiger partial charge in [-0.1, -0.05) is 18.6 Å². The molecule has 0 amide bonds. The smallest absolute Gasteiger partial charge is 0.261 e. The molecule has 1 heterocycles. The van der Waals surface area contributed by atoms with E-state index < -0.39 is 0 Å². The molecule has 0 saturated heterocycles. The minimum Gasteiger partial charge on any atom is -0.292 e. The number of para-hydroxylation sites is 1. The van der Waals surface area contributed by atoms with E-state index >= 15 is 0 Å². The highest BCUT2D eigenvalue weighted by molar-refractivity contribution is 6.20. The minimum absolute atomic E-state index is 0.0394.